The van der Waals surface area contributed by atoms with Crippen molar-refractivity contribution in [3.05, 3.63) is 34.4 Å². The zero-order valence-corrected chi connectivity index (χ0v) is 6.03. The van der Waals surface area contributed by atoms with Gasteiger partial charge in [-0.25, -0.2) is 9.50 Å². The molecular formula is C7H7N3O. The second kappa shape index (κ2) is 1.95. The maximum atomic E-state index is 11.1. The molecule has 0 atom stereocenters. The van der Waals surface area contributed by atoms with Crippen LogP contribution in [0.25, 0.3) is 5.65 Å². The summed E-state index contributed by atoms with van der Waals surface area (Å²) in [5, 5.41) is 2.87. The van der Waals surface area contributed by atoms with Crippen LogP contribution in [0.1, 0.15) is 5.69 Å². The molecule has 2 aromatic rings. The second-order valence-electron chi connectivity index (χ2n) is 2.40. The van der Waals surface area contributed by atoms with Crippen molar-refractivity contribution in [2.45, 2.75) is 6.92 Å². The first kappa shape index (κ1) is 6.15. The minimum absolute atomic E-state index is 0.0585. The van der Waals surface area contributed by atoms with E-state index in [0.29, 0.717) is 5.65 Å². The van der Waals surface area contributed by atoms with Gasteiger partial charge in [0.05, 0.1) is 11.9 Å². The van der Waals surface area contributed by atoms with Gasteiger partial charge in [0.2, 0.25) is 5.43 Å². The first-order valence-corrected chi connectivity index (χ1v) is 3.31. The monoisotopic (exact) mass is 149 g/mol. The predicted molar refractivity (Wildman–Crippen MR) is 40.5 cm³/mol. The molecule has 0 saturated heterocycles. The number of imidazole rings is 1. The topological polar surface area (TPSA) is 50.2 Å². The van der Waals surface area contributed by atoms with E-state index in [0.717, 1.165) is 5.69 Å². The molecule has 11 heavy (non-hydrogen) atoms. The largest absolute Gasteiger partial charge is 0.300 e. The highest BCUT2D eigenvalue weighted by Gasteiger charge is 1.98. The van der Waals surface area contributed by atoms with E-state index in [1.165, 1.54) is 6.07 Å². The highest BCUT2D eigenvalue weighted by atomic mass is 16.1. The van der Waals surface area contributed by atoms with Crippen LogP contribution in [0.3, 0.4) is 0 Å². The Morgan fingerprint density at radius 2 is 2.45 bits per heavy atom. The van der Waals surface area contributed by atoms with Gasteiger partial charge in [-0.3, -0.25) is 9.89 Å². The van der Waals surface area contributed by atoms with Crippen molar-refractivity contribution in [1.29, 1.82) is 0 Å². The molecule has 0 aliphatic heterocycles. The van der Waals surface area contributed by atoms with E-state index in [2.05, 4.69) is 10.1 Å². The van der Waals surface area contributed by atoms with Gasteiger partial charge in [-0.15, -0.1) is 0 Å². The zero-order chi connectivity index (χ0) is 7.84. The van der Waals surface area contributed by atoms with Crippen molar-refractivity contribution in [3.63, 3.8) is 0 Å². The summed E-state index contributed by atoms with van der Waals surface area (Å²) in [6.45, 7) is 1.85. The highest BCUT2D eigenvalue weighted by molar-refractivity contribution is 5.36. The minimum atomic E-state index is -0.0585. The molecule has 0 bridgehead atoms. The van der Waals surface area contributed by atoms with Gasteiger partial charge in [-0.05, 0) is 6.92 Å². The fourth-order valence-electron chi connectivity index (χ4n) is 1.04. The number of fused-ring (bicyclic) bond motifs is 1. The SMILES string of the molecule is Cc1cn2[nH]ccc(=O)c2n1. The molecule has 0 saturated carbocycles. The molecule has 4 nitrogen and oxygen atoms in total. The summed E-state index contributed by atoms with van der Waals surface area (Å²) < 4.78 is 1.61. The van der Waals surface area contributed by atoms with Crippen LogP contribution >= 0.6 is 0 Å². The van der Waals surface area contributed by atoms with Gasteiger partial charge in [0, 0.05) is 12.3 Å². The van der Waals surface area contributed by atoms with Crippen molar-refractivity contribution in [3.8, 4) is 0 Å². The fraction of sp³-hybridized carbons (Fsp3) is 0.143. The summed E-state index contributed by atoms with van der Waals surface area (Å²) in [6, 6.07) is 1.46. The lowest BCUT2D eigenvalue weighted by Crippen LogP contribution is -2.05. The van der Waals surface area contributed by atoms with Gasteiger partial charge >= 0.3 is 0 Å². The van der Waals surface area contributed by atoms with Crippen LogP contribution in [0.5, 0.6) is 0 Å². The lowest BCUT2D eigenvalue weighted by atomic mass is 10.5. The summed E-state index contributed by atoms with van der Waals surface area (Å²) in [5.41, 5.74) is 1.23. The Balaban J connectivity index is 3.02. The fourth-order valence-corrected chi connectivity index (χ4v) is 1.04. The quantitative estimate of drug-likeness (QED) is 0.586. The highest BCUT2D eigenvalue weighted by Crippen LogP contribution is 1.94. The van der Waals surface area contributed by atoms with Crippen molar-refractivity contribution >= 4 is 5.65 Å². The third-order valence-corrected chi connectivity index (χ3v) is 1.50. The Morgan fingerprint density at radius 3 is 3.18 bits per heavy atom. The van der Waals surface area contributed by atoms with E-state index in [4.69, 9.17) is 0 Å². The molecule has 2 rings (SSSR count). The average molecular weight is 149 g/mol. The van der Waals surface area contributed by atoms with E-state index in [1.54, 1.807) is 16.9 Å². The molecule has 4 heteroatoms. The van der Waals surface area contributed by atoms with Crippen molar-refractivity contribution in [1.82, 2.24) is 14.6 Å². The molecule has 2 heterocycles. The molecule has 0 aromatic carbocycles. The van der Waals surface area contributed by atoms with Crippen LogP contribution in [0.15, 0.2) is 23.3 Å². The molecule has 0 fully saturated rings. The maximum Gasteiger partial charge on any atom is 0.224 e. The molecule has 0 spiro atoms. The molecule has 0 radical (unpaired) electrons. The number of hydrogen-bond donors (Lipinski definition) is 1. The Bertz CT molecular complexity index is 440. The van der Waals surface area contributed by atoms with E-state index in [1.807, 2.05) is 6.92 Å². The summed E-state index contributed by atoms with van der Waals surface area (Å²) in [5.74, 6) is 0. The van der Waals surface area contributed by atoms with Gasteiger partial charge in [0.25, 0.3) is 0 Å². The standard InChI is InChI=1S/C7H7N3O/c1-5-4-10-7(9-5)6(11)2-3-8-10/h2-4,8H,1H3. The van der Waals surface area contributed by atoms with Gasteiger partial charge in [0.1, 0.15) is 0 Å². The number of rotatable bonds is 0. The molecule has 0 unspecified atom stereocenters. The Kier molecular flexibility index (Phi) is 1.09. The number of aromatic nitrogens is 3. The molecule has 1 N–H and O–H groups in total. The van der Waals surface area contributed by atoms with Gasteiger partial charge in [0.15, 0.2) is 5.65 Å². The van der Waals surface area contributed by atoms with Crippen molar-refractivity contribution < 1.29 is 0 Å². The number of nitrogens with zero attached hydrogens (tertiary/aromatic N) is 2. The number of aromatic amines is 1. The first-order valence-electron chi connectivity index (χ1n) is 3.31. The van der Waals surface area contributed by atoms with Crippen molar-refractivity contribution in [2.75, 3.05) is 0 Å². The zero-order valence-electron chi connectivity index (χ0n) is 6.03. The Labute approximate surface area is 62.5 Å². The molecule has 56 valence electrons. The summed E-state index contributed by atoms with van der Waals surface area (Å²) in [4.78, 5) is 15.1. The van der Waals surface area contributed by atoms with E-state index in [-0.39, 0.29) is 5.43 Å². The lowest BCUT2D eigenvalue weighted by Gasteiger charge is -1.88. The minimum Gasteiger partial charge on any atom is -0.300 e. The third-order valence-electron chi connectivity index (χ3n) is 1.50. The van der Waals surface area contributed by atoms with E-state index in [9.17, 15) is 4.79 Å². The Hall–Kier alpha value is -1.58. The molecule has 0 aliphatic carbocycles. The van der Waals surface area contributed by atoms with Crippen LogP contribution in [0.2, 0.25) is 0 Å². The normalized spacial score (nSPS) is 10.6. The molecule has 0 aliphatic rings. The van der Waals surface area contributed by atoms with Crippen LogP contribution in [0.4, 0.5) is 0 Å². The van der Waals surface area contributed by atoms with Crippen LogP contribution in [-0.2, 0) is 0 Å². The number of hydrogen-bond acceptors (Lipinski definition) is 2. The number of aryl methyl sites for hydroxylation is 1. The van der Waals surface area contributed by atoms with Gasteiger partial charge in [-0.2, -0.15) is 0 Å². The number of nitrogens with one attached hydrogen (secondary N) is 1. The summed E-state index contributed by atoms with van der Waals surface area (Å²) in [7, 11) is 0. The third kappa shape index (κ3) is 0.832. The van der Waals surface area contributed by atoms with Gasteiger partial charge < -0.3 is 0 Å². The average Bonchev–Trinajstić information content (AvgIpc) is 2.31. The Morgan fingerprint density at radius 1 is 1.64 bits per heavy atom. The number of H-pyrrole nitrogens is 1. The summed E-state index contributed by atoms with van der Waals surface area (Å²) >= 11 is 0. The molecular weight excluding hydrogens is 142 g/mol. The van der Waals surface area contributed by atoms with E-state index < -0.39 is 0 Å². The lowest BCUT2D eigenvalue weighted by molar-refractivity contribution is 0.927. The van der Waals surface area contributed by atoms with Crippen LogP contribution < -0.4 is 5.43 Å². The van der Waals surface area contributed by atoms with Gasteiger partial charge in [-0.1, -0.05) is 0 Å². The predicted octanol–water partition coefficient (Wildman–Crippen LogP) is 0.331. The molecule has 2 aromatic heterocycles. The van der Waals surface area contributed by atoms with Crippen LogP contribution in [0, 0.1) is 6.92 Å². The van der Waals surface area contributed by atoms with E-state index >= 15 is 0 Å². The second-order valence-corrected chi connectivity index (χ2v) is 2.40. The van der Waals surface area contributed by atoms with Crippen molar-refractivity contribution in [2.24, 2.45) is 0 Å². The maximum absolute atomic E-state index is 11.1. The smallest absolute Gasteiger partial charge is 0.224 e. The first-order chi connectivity index (χ1) is 5.27. The van der Waals surface area contributed by atoms with Crippen LogP contribution in [-0.4, -0.2) is 14.6 Å². The summed E-state index contributed by atoms with van der Waals surface area (Å²) in [6.07, 6.45) is 3.37. The molecule has 0 amide bonds.